The van der Waals surface area contributed by atoms with Gasteiger partial charge in [0.15, 0.2) is 0 Å². The number of nitrogens with two attached hydrogens (primary N) is 1. The minimum atomic E-state index is -0.250. The summed E-state index contributed by atoms with van der Waals surface area (Å²) < 4.78 is 0. The van der Waals surface area contributed by atoms with Gasteiger partial charge < -0.3 is 5.73 Å². The zero-order valence-electron chi connectivity index (χ0n) is 8.53. The number of carbonyl (C=O) groups excluding carboxylic acids is 1. The van der Waals surface area contributed by atoms with Gasteiger partial charge in [0.1, 0.15) is 0 Å². The zero-order valence-corrected chi connectivity index (χ0v) is 8.53. The van der Waals surface area contributed by atoms with Crippen molar-refractivity contribution in [1.29, 1.82) is 0 Å². The molecule has 1 aromatic heterocycles. The summed E-state index contributed by atoms with van der Waals surface area (Å²) >= 11 is 0. The molecular formula is C9H14N4O. The predicted molar refractivity (Wildman–Crippen MR) is 54.5 cm³/mol. The second-order valence-corrected chi connectivity index (χ2v) is 3.25. The number of aryl methyl sites for hydroxylation is 1. The maximum absolute atomic E-state index is 11.5. The molecule has 1 rings (SSSR count). The lowest BCUT2D eigenvalue weighted by atomic mass is 10.2. The number of nitrogens with zero attached hydrogens (tertiary/aromatic N) is 2. The van der Waals surface area contributed by atoms with Gasteiger partial charge in [-0.15, -0.1) is 0 Å². The maximum atomic E-state index is 11.5. The van der Waals surface area contributed by atoms with Crippen LogP contribution in [0.1, 0.15) is 16.1 Å². The van der Waals surface area contributed by atoms with Gasteiger partial charge in [0.2, 0.25) is 0 Å². The SMILES string of the molecule is Cc1cc(N)c(C(=O)NN(C)C)cn1. The zero-order chi connectivity index (χ0) is 10.7. The first-order valence-corrected chi connectivity index (χ1v) is 4.21. The molecule has 1 heterocycles. The first-order chi connectivity index (χ1) is 6.50. The van der Waals surface area contributed by atoms with E-state index in [1.165, 1.54) is 6.20 Å². The minimum Gasteiger partial charge on any atom is -0.398 e. The average molecular weight is 194 g/mol. The van der Waals surface area contributed by atoms with Crippen LogP contribution in [0.25, 0.3) is 0 Å². The Hall–Kier alpha value is -1.62. The number of anilines is 1. The number of pyridine rings is 1. The monoisotopic (exact) mass is 194 g/mol. The summed E-state index contributed by atoms with van der Waals surface area (Å²) in [6.45, 7) is 1.82. The summed E-state index contributed by atoms with van der Waals surface area (Å²) in [4.78, 5) is 15.5. The smallest absolute Gasteiger partial charge is 0.269 e. The first-order valence-electron chi connectivity index (χ1n) is 4.21. The fraction of sp³-hybridized carbons (Fsp3) is 0.333. The van der Waals surface area contributed by atoms with Crippen LogP contribution in [0, 0.1) is 6.92 Å². The molecule has 1 amide bonds. The number of nitrogen functional groups attached to an aromatic ring is 1. The van der Waals surface area contributed by atoms with E-state index in [0.29, 0.717) is 11.3 Å². The van der Waals surface area contributed by atoms with Crippen LogP contribution in [-0.4, -0.2) is 30.0 Å². The van der Waals surface area contributed by atoms with Crippen molar-refractivity contribution >= 4 is 11.6 Å². The van der Waals surface area contributed by atoms with E-state index in [-0.39, 0.29) is 5.91 Å². The Bertz CT molecular complexity index is 349. The highest BCUT2D eigenvalue weighted by Gasteiger charge is 2.10. The van der Waals surface area contributed by atoms with Crippen LogP contribution in [0.4, 0.5) is 5.69 Å². The average Bonchev–Trinajstić information content (AvgIpc) is 2.01. The lowest BCUT2D eigenvalue weighted by molar-refractivity contribution is 0.0857. The molecule has 3 N–H and O–H groups in total. The van der Waals surface area contributed by atoms with Crippen molar-refractivity contribution in [3.05, 3.63) is 23.5 Å². The summed E-state index contributed by atoms with van der Waals surface area (Å²) in [5.41, 5.74) is 9.90. The number of amides is 1. The molecule has 5 heteroatoms. The molecule has 0 aliphatic carbocycles. The Morgan fingerprint density at radius 2 is 2.21 bits per heavy atom. The van der Waals surface area contributed by atoms with Crippen LogP contribution in [0.3, 0.4) is 0 Å². The minimum absolute atomic E-state index is 0.250. The third-order valence-electron chi connectivity index (χ3n) is 1.64. The number of hydrogen-bond acceptors (Lipinski definition) is 4. The standard InChI is InChI=1S/C9H14N4O/c1-6-4-8(10)7(5-11-6)9(14)12-13(2)3/h4-5H,1-3H3,(H2,10,11)(H,12,14). The molecule has 0 radical (unpaired) electrons. The maximum Gasteiger partial charge on any atom is 0.269 e. The van der Waals surface area contributed by atoms with Gasteiger partial charge in [-0.1, -0.05) is 0 Å². The number of aromatic nitrogens is 1. The fourth-order valence-corrected chi connectivity index (χ4v) is 1.03. The number of hydrogen-bond donors (Lipinski definition) is 2. The summed E-state index contributed by atoms with van der Waals surface area (Å²) in [7, 11) is 3.46. The van der Waals surface area contributed by atoms with E-state index in [2.05, 4.69) is 10.4 Å². The van der Waals surface area contributed by atoms with Crippen molar-refractivity contribution < 1.29 is 4.79 Å². The van der Waals surface area contributed by atoms with Crippen molar-refractivity contribution in [2.24, 2.45) is 0 Å². The van der Waals surface area contributed by atoms with Crippen LogP contribution in [0.2, 0.25) is 0 Å². The Morgan fingerprint density at radius 3 is 2.71 bits per heavy atom. The van der Waals surface area contributed by atoms with E-state index in [1.807, 2.05) is 6.92 Å². The Labute approximate surface area is 82.9 Å². The Kier molecular flexibility index (Phi) is 3.03. The van der Waals surface area contributed by atoms with Gasteiger partial charge >= 0.3 is 0 Å². The highest BCUT2D eigenvalue weighted by atomic mass is 16.2. The van der Waals surface area contributed by atoms with Gasteiger partial charge in [-0.2, -0.15) is 0 Å². The number of hydrazine groups is 1. The number of rotatable bonds is 2. The molecule has 0 fully saturated rings. The van der Waals surface area contributed by atoms with Gasteiger partial charge in [-0.3, -0.25) is 15.2 Å². The molecular weight excluding hydrogens is 180 g/mol. The van der Waals surface area contributed by atoms with Crippen LogP contribution in [0.5, 0.6) is 0 Å². The number of carbonyl (C=O) groups is 1. The quantitative estimate of drug-likeness (QED) is 0.659. The van der Waals surface area contributed by atoms with E-state index in [4.69, 9.17) is 5.73 Å². The summed E-state index contributed by atoms with van der Waals surface area (Å²) in [5.74, 6) is -0.250. The van der Waals surface area contributed by atoms with E-state index < -0.39 is 0 Å². The second-order valence-electron chi connectivity index (χ2n) is 3.25. The Balaban J connectivity index is 2.90. The topological polar surface area (TPSA) is 71.2 Å². The molecule has 0 saturated heterocycles. The molecule has 0 aliphatic rings. The molecule has 14 heavy (non-hydrogen) atoms. The van der Waals surface area contributed by atoms with E-state index in [1.54, 1.807) is 25.2 Å². The Morgan fingerprint density at radius 1 is 1.57 bits per heavy atom. The van der Waals surface area contributed by atoms with Crippen molar-refractivity contribution in [3.63, 3.8) is 0 Å². The van der Waals surface area contributed by atoms with Crippen LogP contribution >= 0.6 is 0 Å². The molecule has 1 aromatic rings. The molecule has 5 nitrogen and oxygen atoms in total. The molecule has 0 atom stereocenters. The van der Waals surface area contributed by atoms with Gasteiger partial charge in [0.05, 0.1) is 5.56 Å². The van der Waals surface area contributed by atoms with E-state index in [9.17, 15) is 4.79 Å². The van der Waals surface area contributed by atoms with Crippen LogP contribution < -0.4 is 11.2 Å². The summed E-state index contributed by atoms with van der Waals surface area (Å²) in [6.07, 6.45) is 1.48. The van der Waals surface area contributed by atoms with Gasteiger partial charge in [-0.25, -0.2) is 5.01 Å². The van der Waals surface area contributed by atoms with Crippen LogP contribution in [-0.2, 0) is 0 Å². The van der Waals surface area contributed by atoms with Crippen molar-refractivity contribution in [2.45, 2.75) is 6.92 Å². The highest BCUT2D eigenvalue weighted by molar-refractivity contribution is 5.98. The normalized spacial score (nSPS) is 10.3. The van der Waals surface area contributed by atoms with E-state index in [0.717, 1.165) is 5.69 Å². The molecule has 76 valence electrons. The molecule has 0 aromatic carbocycles. The highest BCUT2D eigenvalue weighted by Crippen LogP contribution is 2.10. The van der Waals surface area contributed by atoms with Crippen LogP contribution in [0.15, 0.2) is 12.3 Å². The van der Waals surface area contributed by atoms with Gasteiger partial charge in [0, 0.05) is 31.7 Å². The van der Waals surface area contributed by atoms with Gasteiger partial charge in [-0.05, 0) is 13.0 Å². The third kappa shape index (κ3) is 2.43. The number of nitrogens with one attached hydrogen (secondary N) is 1. The fourth-order valence-electron chi connectivity index (χ4n) is 1.03. The second kappa shape index (κ2) is 4.06. The molecule has 0 bridgehead atoms. The molecule has 0 saturated carbocycles. The van der Waals surface area contributed by atoms with Crippen molar-refractivity contribution in [2.75, 3.05) is 19.8 Å². The third-order valence-corrected chi connectivity index (χ3v) is 1.64. The van der Waals surface area contributed by atoms with Gasteiger partial charge in [0.25, 0.3) is 5.91 Å². The molecule has 0 spiro atoms. The molecule has 0 aliphatic heterocycles. The lowest BCUT2D eigenvalue weighted by Crippen LogP contribution is -2.36. The predicted octanol–water partition coefficient (Wildman–Crippen LogP) is 0.179. The largest absolute Gasteiger partial charge is 0.398 e. The first kappa shape index (κ1) is 10.5. The summed E-state index contributed by atoms with van der Waals surface area (Å²) in [6, 6.07) is 1.67. The van der Waals surface area contributed by atoms with E-state index >= 15 is 0 Å². The molecule has 0 unspecified atom stereocenters. The van der Waals surface area contributed by atoms with Crippen molar-refractivity contribution in [1.82, 2.24) is 15.4 Å². The van der Waals surface area contributed by atoms with Crippen molar-refractivity contribution in [3.8, 4) is 0 Å². The lowest BCUT2D eigenvalue weighted by Gasteiger charge is -2.12. The summed E-state index contributed by atoms with van der Waals surface area (Å²) in [5, 5.41) is 1.56.